The molecule has 0 saturated carbocycles. The van der Waals surface area contributed by atoms with Crippen molar-refractivity contribution < 1.29 is 9.53 Å². The molecule has 2 rings (SSSR count). The van der Waals surface area contributed by atoms with E-state index in [1.54, 1.807) is 0 Å². The van der Waals surface area contributed by atoms with E-state index < -0.39 is 11.1 Å². The third-order valence-electron chi connectivity index (χ3n) is 3.18. The topological polar surface area (TPSA) is 38.3 Å². The molecule has 0 spiro atoms. The fraction of sp³-hybridized carbons (Fsp3) is 0.533. The first-order chi connectivity index (χ1) is 8.30. The Balaban J connectivity index is 2.18. The number of ether oxygens (including phenoxy) is 1. The van der Waals surface area contributed by atoms with Gasteiger partial charge in [0.25, 0.3) is 0 Å². The van der Waals surface area contributed by atoms with Crippen LogP contribution in [-0.2, 0) is 22.5 Å². The van der Waals surface area contributed by atoms with E-state index in [4.69, 9.17) is 4.74 Å². The maximum Gasteiger partial charge on any atom is 0.326 e. The SMILES string of the molecule is CC(C)(C)OC(=O)C1(C)Cc2ccccc2CN1. The summed E-state index contributed by atoms with van der Waals surface area (Å²) in [6, 6.07) is 8.21. The summed E-state index contributed by atoms with van der Waals surface area (Å²) in [6.45, 7) is 8.31. The fourth-order valence-electron chi connectivity index (χ4n) is 2.17. The summed E-state index contributed by atoms with van der Waals surface area (Å²) in [5.74, 6) is -0.176. The molecule has 1 aliphatic rings. The summed E-state index contributed by atoms with van der Waals surface area (Å²) >= 11 is 0. The Morgan fingerprint density at radius 3 is 2.50 bits per heavy atom. The first-order valence-electron chi connectivity index (χ1n) is 6.35. The second kappa shape index (κ2) is 4.39. The van der Waals surface area contributed by atoms with Gasteiger partial charge in [0.2, 0.25) is 0 Å². The molecule has 98 valence electrons. The zero-order valence-corrected chi connectivity index (χ0v) is 11.5. The lowest BCUT2D eigenvalue weighted by Gasteiger charge is -2.36. The van der Waals surface area contributed by atoms with Gasteiger partial charge in [0.1, 0.15) is 11.1 Å². The van der Waals surface area contributed by atoms with E-state index in [-0.39, 0.29) is 5.97 Å². The van der Waals surface area contributed by atoms with Gasteiger partial charge in [-0.3, -0.25) is 10.1 Å². The van der Waals surface area contributed by atoms with Crippen molar-refractivity contribution in [2.24, 2.45) is 0 Å². The fourth-order valence-corrected chi connectivity index (χ4v) is 2.17. The summed E-state index contributed by atoms with van der Waals surface area (Å²) < 4.78 is 5.49. The maximum absolute atomic E-state index is 12.3. The van der Waals surface area contributed by atoms with Crippen molar-refractivity contribution >= 4 is 5.97 Å². The minimum Gasteiger partial charge on any atom is -0.459 e. The van der Waals surface area contributed by atoms with Crippen LogP contribution in [0.25, 0.3) is 0 Å². The predicted octanol–water partition coefficient (Wildman–Crippen LogP) is 2.43. The molecule has 0 fully saturated rings. The van der Waals surface area contributed by atoms with Crippen molar-refractivity contribution in [2.75, 3.05) is 0 Å². The molecule has 0 bridgehead atoms. The molecule has 0 amide bonds. The van der Waals surface area contributed by atoms with Crippen molar-refractivity contribution in [1.29, 1.82) is 0 Å². The standard InChI is InChI=1S/C15H21NO2/c1-14(2,3)18-13(17)15(4)9-11-7-5-6-8-12(11)10-16-15/h5-8,16H,9-10H2,1-4H3. The third-order valence-corrected chi connectivity index (χ3v) is 3.18. The quantitative estimate of drug-likeness (QED) is 0.775. The van der Waals surface area contributed by atoms with E-state index in [1.165, 1.54) is 11.1 Å². The maximum atomic E-state index is 12.3. The lowest BCUT2D eigenvalue weighted by Crippen LogP contribution is -2.55. The van der Waals surface area contributed by atoms with Crippen molar-refractivity contribution in [3.8, 4) is 0 Å². The Labute approximate surface area is 109 Å². The molecule has 0 radical (unpaired) electrons. The van der Waals surface area contributed by atoms with Gasteiger partial charge in [0, 0.05) is 13.0 Å². The highest BCUT2D eigenvalue weighted by atomic mass is 16.6. The van der Waals surface area contributed by atoms with E-state index in [0.717, 1.165) is 0 Å². The third kappa shape index (κ3) is 2.72. The number of hydrogen-bond donors (Lipinski definition) is 1. The van der Waals surface area contributed by atoms with Crippen LogP contribution in [-0.4, -0.2) is 17.1 Å². The van der Waals surface area contributed by atoms with Crippen LogP contribution < -0.4 is 5.32 Å². The van der Waals surface area contributed by atoms with Gasteiger partial charge < -0.3 is 4.74 Å². The minimum atomic E-state index is -0.623. The highest BCUT2D eigenvalue weighted by molar-refractivity contribution is 5.81. The summed E-state index contributed by atoms with van der Waals surface area (Å²) in [5, 5.41) is 3.30. The van der Waals surface area contributed by atoms with Crippen molar-refractivity contribution in [3.05, 3.63) is 35.4 Å². The number of rotatable bonds is 1. The number of carbonyl (C=O) groups is 1. The van der Waals surface area contributed by atoms with Gasteiger partial charge in [-0.1, -0.05) is 24.3 Å². The first kappa shape index (κ1) is 13.1. The molecule has 3 heteroatoms. The van der Waals surface area contributed by atoms with Crippen LogP contribution in [0.5, 0.6) is 0 Å². The Bertz CT molecular complexity index is 462. The van der Waals surface area contributed by atoms with E-state index in [9.17, 15) is 4.79 Å². The zero-order valence-electron chi connectivity index (χ0n) is 11.5. The summed E-state index contributed by atoms with van der Waals surface area (Å²) in [6.07, 6.45) is 0.679. The number of hydrogen-bond acceptors (Lipinski definition) is 3. The summed E-state index contributed by atoms with van der Waals surface area (Å²) in [7, 11) is 0. The molecule has 1 aromatic rings. The predicted molar refractivity (Wildman–Crippen MR) is 71.2 cm³/mol. The Morgan fingerprint density at radius 1 is 1.28 bits per heavy atom. The van der Waals surface area contributed by atoms with Gasteiger partial charge in [-0.2, -0.15) is 0 Å². The molecule has 1 heterocycles. The number of esters is 1. The van der Waals surface area contributed by atoms with E-state index in [1.807, 2.05) is 39.8 Å². The number of carbonyl (C=O) groups excluding carboxylic acids is 1. The molecule has 3 nitrogen and oxygen atoms in total. The molecule has 0 aromatic heterocycles. The molecular weight excluding hydrogens is 226 g/mol. The largest absolute Gasteiger partial charge is 0.459 e. The average molecular weight is 247 g/mol. The molecule has 18 heavy (non-hydrogen) atoms. The van der Waals surface area contributed by atoms with Crippen molar-refractivity contribution in [3.63, 3.8) is 0 Å². The molecule has 1 unspecified atom stereocenters. The Kier molecular flexibility index (Phi) is 3.20. The van der Waals surface area contributed by atoms with Crippen molar-refractivity contribution in [1.82, 2.24) is 5.32 Å². The molecular formula is C15H21NO2. The van der Waals surface area contributed by atoms with Gasteiger partial charge in [-0.15, -0.1) is 0 Å². The lowest BCUT2D eigenvalue weighted by molar-refractivity contribution is -0.162. The van der Waals surface area contributed by atoms with Crippen LogP contribution in [0.3, 0.4) is 0 Å². The van der Waals surface area contributed by atoms with Crippen LogP contribution in [0.1, 0.15) is 38.8 Å². The van der Waals surface area contributed by atoms with Crippen LogP contribution in [0.4, 0.5) is 0 Å². The van der Waals surface area contributed by atoms with Crippen LogP contribution >= 0.6 is 0 Å². The van der Waals surface area contributed by atoms with Crippen molar-refractivity contribution in [2.45, 2.75) is 51.8 Å². The minimum absolute atomic E-state index is 0.176. The average Bonchev–Trinajstić information content (AvgIpc) is 2.26. The van der Waals surface area contributed by atoms with Crippen LogP contribution in [0, 0.1) is 0 Å². The highest BCUT2D eigenvalue weighted by Crippen LogP contribution is 2.25. The van der Waals surface area contributed by atoms with Crippen LogP contribution in [0.15, 0.2) is 24.3 Å². The van der Waals surface area contributed by atoms with E-state index >= 15 is 0 Å². The normalized spacial score (nSPS) is 23.3. The van der Waals surface area contributed by atoms with Gasteiger partial charge in [-0.05, 0) is 38.8 Å². The second-order valence-corrected chi connectivity index (χ2v) is 6.13. The highest BCUT2D eigenvalue weighted by Gasteiger charge is 2.39. The smallest absolute Gasteiger partial charge is 0.326 e. The Hall–Kier alpha value is -1.35. The second-order valence-electron chi connectivity index (χ2n) is 6.13. The molecule has 1 atom stereocenters. The van der Waals surface area contributed by atoms with Gasteiger partial charge >= 0.3 is 5.97 Å². The molecule has 1 aromatic carbocycles. The monoisotopic (exact) mass is 247 g/mol. The molecule has 0 saturated heterocycles. The van der Waals surface area contributed by atoms with E-state index in [0.29, 0.717) is 13.0 Å². The number of nitrogens with one attached hydrogen (secondary N) is 1. The molecule has 1 N–H and O–H groups in total. The summed E-state index contributed by atoms with van der Waals surface area (Å²) in [4.78, 5) is 12.3. The zero-order chi connectivity index (χ0) is 13.4. The summed E-state index contributed by atoms with van der Waals surface area (Å²) in [5.41, 5.74) is 1.42. The molecule has 0 aliphatic carbocycles. The van der Waals surface area contributed by atoms with Gasteiger partial charge in [-0.25, -0.2) is 0 Å². The van der Waals surface area contributed by atoms with Gasteiger partial charge in [0.15, 0.2) is 0 Å². The van der Waals surface area contributed by atoms with Gasteiger partial charge in [0.05, 0.1) is 0 Å². The molecule has 1 aliphatic heterocycles. The lowest BCUT2D eigenvalue weighted by atomic mass is 9.86. The van der Waals surface area contributed by atoms with E-state index in [2.05, 4.69) is 17.4 Å². The number of fused-ring (bicyclic) bond motifs is 1. The van der Waals surface area contributed by atoms with Crippen LogP contribution in [0.2, 0.25) is 0 Å². The first-order valence-corrected chi connectivity index (χ1v) is 6.35. The number of benzene rings is 1. The Morgan fingerprint density at radius 2 is 1.89 bits per heavy atom.